The van der Waals surface area contributed by atoms with Gasteiger partial charge in [0.2, 0.25) is 0 Å². The lowest BCUT2D eigenvalue weighted by atomic mass is 9.86. The van der Waals surface area contributed by atoms with Gasteiger partial charge in [0.05, 0.1) is 16.2 Å². The number of aromatic nitrogens is 1. The van der Waals surface area contributed by atoms with Crippen LogP contribution in [-0.4, -0.2) is 45.3 Å². The van der Waals surface area contributed by atoms with Crippen LogP contribution in [0.25, 0.3) is 0 Å². The van der Waals surface area contributed by atoms with E-state index in [1.54, 1.807) is 6.20 Å². The summed E-state index contributed by atoms with van der Waals surface area (Å²) in [5.74, 6) is 0.902. The average Bonchev–Trinajstić information content (AvgIpc) is 3.40. The van der Waals surface area contributed by atoms with Crippen molar-refractivity contribution in [2.45, 2.75) is 55.2 Å². The van der Waals surface area contributed by atoms with Crippen LogP contribution in [0.15, 0.2) is 40.7 Å². The molecular weight excluding hydrogens is 430 g/mol. The number of carbonyl (C=O) groups is 2. The highest BCUT2D eigenvalue weighted by atomic mass is 32.2. The van der Waals surface area contributed by atoms with Gasteiger partial charge in [-0.15, -0.1) is 11.8 Å². The molecule has 2 fully saturated rings. The van der Waals surface area contributed by atoms with Crippen molar-refractivity contribution in [3.63, 3.8) is 0 Å². The molecule has 6 nitrogen and oxygen atoms in total. The highest BCUT2D eigenvalue weighted by Gasteiger charge is 2.41. The number of carbonyl (C=O) groups excluding carboxylic acids is 1. The van der Waals surface area contributed by atoms with Gasteiger partial charge in [-0.2, -0.15) is 0 Å². The van der Waals surface area contributed by atoms with Crippen LogP contribution in [0.3, 0.4) is 0 Å². The molecule has 0 spiro atoms. The fourth-order valence-corrected chi connectivity index (χ4v) is 6.02. The number of hydrogen-bond acceptors (Lipinski definition) is 5. The molecule has 2 aliphatic carbocycles. The van der Waals surface area contributed by atoms with Crippen LogP contribution in [0.4, 0.5) is 9.93 Å². The Morgan fingerprint density at radius 3 is 2.68 bits per heavy atom. The van der Waals surface area contributed by atoms with E-state index in [4.69, 9.17) is 5.11 Å². The Balaban J connectivity index is 1.40. The molecular formula is C23H29N3O3S2. The topological polar surface area (TPSA) is 82.5 Å². The molecule has 0 saturated heterocycles. The number of carboxylic acids is 1. The number of benzene rings is 1. The summed E-state index contributed by atoms with van der Waals surface area (Å²) in [4.78, 5) is 30.3. The molecule has 0 unspecified atom stereocenters. The van der Waals surface area contributed by atoms with Gasteiger partial charge in [0.15, 0.2) is 5.13 Å². The molecule has 2 aromatic rings. The maximum atomic E-state index is 13.3. The average molecular weight is 460 g/mol. The second kappa shape index (κ2) is 10.0. The van der Waals surface area contributed by atoms with Crippen molar-refractivity contribution in [2.24, 2.45) is 11.8 Å². The number of thioether (sulfide) groups is 1. The van der Waals surface area contributed by atoms with Gasteiger partial charge < -0.3 is 10.0 Å². The van der Waals surface area contributed by atoms with Crippen molar-refractivity contribution in [2.75, 3.05) is 17.6 Å². The van der Waals surface area contributed by atoms with Gasteiger partial charge in [0.1, 0.15) is 0 Å². The zero-order valence-electron chi connectivity index (χ0n) is 17.7. The first-order valence-electron chi connectivity index (χ1n) is 10.9. The minimum Gasteiger partial charge on any atom is -0.481 e. The molecule has 2 atom stereocenters. The number of nitrogens with zero attached hydrogens (tertiary/aromatic N) is 2. The Kier molecular flexibility index (Phi) is 7.17. The predicted molar refractivity (Wildman–Crippen MR) is 125 cm³/mol. The lowest BCUT2D eigenvalue weighted by molar-refractivity contribution is -0.133. The highest BCUT2D eigenvalue weighted by Crippen LogP contribution is 2.48. The van der Waals surface area contributed by atoms with Crippen molar-refractivity contribution in [3.8, 4) is 0 Å². The standard InChI is InChI=1S/C23H29N3O3S2/c1-15-7-9-18(10-8-15)26(13-17-11-19(17)16-5-3-2-4-6-16)23(29)25-22-24-12-21(31-22)30-14-20(27)28/h2-6,12,15,17-19H,7-11,13-14H2,1H3,(H,27,28)(H,24,25,29)/t15-,17-,18-,19-/m0/s1. The van der Waals surface area contributed by atoms with Crippen LogP contribution < -0.4 is 5.32 Å². The molecule has 2 N–H and O–H groups in total. The van der Waals surface area contributed by atoms with E-state index in [9.17, 15) is 9.59 Å². The summed E-state index contributed by atoms with van der Waals surface area (Å²) in [7, 11) is 0. The molecule has 0 bridgehead atoms. The van der Waals surface area contributed by atoms with Crippen LogP contribution in [0, 0.1) is 11.8 Å². The number of nitrogens with one attached hydrogen (secondary N) is 1. The number of hydrogen-bond donors (Lipinski definition) is 2. The SMILES string of the molecule is C[C@H]1CC[C@H](N(C[C@@H]2C[C@H]2c2ccccc2)C(=O)Nc2ncc(SCC(=O)O)s2)CC1. The first-order valence-corrected chi connectivity index (χ1v) is 12.7. The molecule has 8 heteroatoms. The lowest BCUT2D eigenvalue weighted by Gasteiger charge is -2.36. The van der Waals surface area contributed by atoms with E-state index in [0.717, 1.165) is 48.8 Å². The van der Waals surface area contributed by atoms with Crippen molar-refractivity contribution in [3.05, 3.63) is 42.1 Å². The summed E-state index contributed by atoms with van der Waals surface area (Å²) < 4.78 is 0.794. The van der Waals surface area contributed by atoms with Gasteiger partial charge in [-0.1, -0.05) is 48.6 Å². The minimum atomic E-state index is -0.862. The Labute approximate surface area is 191 Å². The van der Waals surface area contributed by atoms with Gasteiger partial charge >= 0.3 is 12.0 Å². The van der Waals surface area contributed by atoms with Crippen molar-refractivity contribution in [1.82, 2.24) is 9.88 Å². The van der Waals surface area contributed by atoms with E-state index in [-0.39, 0.29) is 17.8 Å². The van der Waals surface area contributed by atoms with Crippen LogP contribution >= 0.6 is 23.1 Å². The number of amides is 2. The maximum Gasteiger partial charge on any atom is 0.323 e. The smallest absolute Gasteiger partial charge is 0.323 e. The number of aliphatic carboxylic acids is 1. The van der Waals surface area contributed by atoms with E-state index in [1.165, 1.54) is 28.7 Å². The summed E-state index contributed by atoms with van der Waals surface area (Å²) in [5, 5.41) is 12.4. The number of carboxylic acid groups (broad SMARTS) is 1. The highest BCUT2D eigenvalue weighted by molar-refractivity contribution is 8.01. The molecule has 1 aromatic carbocycles. The molecule has 4 rings (SSSR count). The Morgan fingerprint density at radius 2 is 1.97 bits per heavy atom. The molecule has 2 amide bonds. The first kappa shape index (κ1) is 22.1. The largest absolute Gasteiger partial charge is 0.481 e. The predicted octanol–water partition coefficient (Wildman–Crippen LogP) is 5.54. The first-order chi connectivity index (χ1) is 15.0. The lowest BCUT2D eigenvalue weighted by Crippen LogP contribution is -2.45. The molecule has 0 radical (unpaired) electrons. The van der Waals surface area contributed by atoms with Crippen molar-refractivity contribution < 1.29 is 14.7 Å². The van der Waals surface area contributed by atoms with Crippen molar-refractivity contribution >= 4 is 40.2 Å². The monoisotopic (exact) mass is 459 g/mol. The molecule has 1 aromatic heterocycles. The third kappa shape index (κ3) is 6.01. The third-order valence-electron chi connectivity index (χ3n) is 6.30. The van der Waals surface area contributed by atoms with Crippen LogP contribution in [-0.2, 0) is 4.79 Å². The summed E-state index contributed by atoms with van der Waals surface area (Å²) in [5.41, 5.74) is 1.37. The van der Waals surface area contributed by atoms with Crippen molar-refractivity contribution in [1.29, 1.82) is 0 Å². The normalized spacial score (nSPS) is 25.1. The second-order valence-corrected chi connectivity index (χ2v) is 11.0. The number of thiazole rings is 1. The van der Waals surface area contributed by atoms with Gasteiger partial charge in [-0.25, -0.2) is 9.78 Å². The summed E-state index contributed by atoms with van der Waals surface area (Å²) in [6.45, 7) is 3.06. The van der Waals surface area contributed by atoms with Gasteiger partial charge in [-0.3, -0.25) is 10.1 Å². The minimum absolute atomic E-state index is 0.00941. The Hall–Kier alpha value is -2.06. The fraction of sp³-hybridized carbons (Fsp3) is 0.522. The molecule has 166 valence electrons. The second-order valence-electron chi connectivity index (χ2n) is 8.68. The molecule has 2 aliphatic rings. The van der Waals surface area contributed by atoms with E-state index < -0.39 is 5.97 Å². The molecule has 1 heterocycles. The quantitative estimate of drug-likeness (QED) is 0.507. The summed E-state index contributed by atoms with van der Waals surface area (Å²) in [6.07, 6.45) is 7.18. The van der Waals surface area contributed by atoms with E-state index in [2.05, 4.69) is 41.5 Å². The fourth-order valence-electron chi connectivity index (χ4n) is 4.44. The molecule has 31 heavy (non-hydrogen) atoms. The molecule has 2 saturated carbocycles. The zero-order valence-corrected chi connectivity index (χ0v) is 19.3. The Morgan fingerprint density at radius 1 is 1.23 bits per heavy atom. The maximum absolute atomic E-state index is 13.3. The van der Waals surface area contributed by atoms with Gasteiger partial charge in [-0.05, 0) is 55.4 Å². The number of anilines is 1. The van der Waals surface area contributed by atoms with E-state index in [0.29, 0.717) is 17.0 Å². The van der Waals surface area contributed by atoms with Crippen LogP contribution in [0.5, 0.6) is 0 Å². The van der Waals surface area contributed by atoms with E-state index >= 15 is 0 Å². The number of rotatable bonds is 8. The Bertz CT molecular complexity index is 896. The zero-order chi connectivity index (χ0) is 21.8. The van der Waals surface area contributed by atoms with Crippen LogP contribution in [0.2, 0.25) is 0 Å². The van der Waals surface area contributed by atoms with Crippen LogP contribution in [0.1, 0.15) is 50.5 Å². The van der Waals surface area contributed by atoms with E-state index in [1.807, 2.05) is 11.0 Å². The molecule has 0 aliphatic heterocycles. The summed E-state index contributed by atoms with van der Waals surface area (Å²) >= 11 is 2.55. The van der Waals surface area contributed by atoms with Gasteiger partial charge in [0, 0.05) is 12.6 Å². The third-order valence-corrected chi connectivity index (χ3v) is 8.40. The number of urea groups is 1. The van der Waals surface area contributed by atoms with Gasteiger partial charge in [0.25, 0.3) is 0 Å². The summed E-state index contributed by atoms with van der Waals surface area (Å²) in [6, 6.07) is 10.8.